The van der Waals surface area contributed by atoms with Gasteiger partial charge < -0.3 is 18.9 Å². The fourth-order valence-electron chi connectivity index (χ4n) is 5.85. The van der Waals surface area contributed by atoms with Crippen LogP contribution in [0.3, 0.4) is 0 Å². The lowest BCUT2D eigenvalue weighted by atomic mass is 10.1. The third kappa shape index (κ3) is 49.8. The van der Waals surface area contributed by atoms with E-state index in [0.29, 0.717) is 24.1 Å². The standard InChI is InChI=1S/C54H90NO7P/c1-6-8-10-12-14-16-18-20-22-24-26-28-29-31-33-35-37-39-41-43-45-47-54(56)62-53(52-61-63(57,58)60-50-48-55(3,4)5)51-59-49-46-44-42-40-38-36-34-32-30-27-25-23-21-19-17-15-13-11-9-7-2/h8-11,14-17,20-23,26-28,30,34,36,40,42,53H,6-7,12-13,18-19,24-25,29,31-33,35,37-39,41,43-52H2,1-5H3/p+1/b10-8-,11-9-,16-14-,17-15-,22-20-,23-21-,28-26-,30-27-,36-34-,42-40-. The molecule has 0 aromatic heterocycles. The average Bonchev–Trinajstić information content (AvgIpc) is 3.24. The van der Waals surface area contributed by atoms with E-state index in [2.05, 4.69) is 135 Å². The fraction of sp³-hybridized carbons (Fsp3) is 0.611. The second-order valence-corrected chi connectivity index (χ2v) is 18.2. The third-order valence-corrected chi connectivity index (χ3v) is 10.5. The summed E-state index contributed by atoms with van der Waals surface area (Å²) >= 11 is 0. The molecule has 0 amide bonds. The van der Waals surface area contributed by atoms with Crippen molar-refractivity contribution >= 4 is 13.8 Å². The average molecular weight is 897 g/mol. The van der Waals surface area contributed by atoms with Crippen molar-refractivity contribution in [1.82, 2.24) is 0 Å². The molecule has 0 fully saturated rings. The summed E-state index contributed by atoms with van der Waals surface area (Å²) in [4.78, 5) is 23.0. The van der Waals surface area contributed by atoms with Gasteiger partial charge in [-0.1, -0.05) is 174 Å². The second kappa shape index (κ2) is 45.5. The van der Waals surface area contributed by atoms with Gasteiger partial charge in [0.05, 0.1) is 34.4 Å². The summed E-state index contributed by atoms with van der Waals surface area (Å²) in [6.45, 7) is 5.19. The second-order valence-electron chi connectivity index (χ2n) is 16.7. The molecule has 2 atom stereocenters. The molecule has 0 saturated carbocycles. The Kier molecular flexibility index (Phi) is 43.2. The number of hydrogen-bond donors (Lipinski definition) is 1. The number of allylic oxidation sites excluding steroid dienone is 20. The molecule has 358 valence electrons. The predicted octanol–water partition coefficient (Wildman–Crippen LogP) is 14.9. The van der Waals surface area contributed by atoms with Gasteiger partial charge in [-0.15, -0.1) is 0 Å². The zero-order valence-corrected chi connectivity index (χ0v) is 41.4. The van der Waals surface area contributed by atoms with Crippen molar-refractivity contribution in [2.45, 2.75) is 161 Å². The number of ether oxygens (including phenoxy) is 2. The molecule has 8 nitrogen and oxygen atoms in total. The van der Waals surface area contributed by atoms with Gasteiger partial charge in [-0.05, 0) is 96.3 Å². The maximum Gasteiger partial charge on any atom is 0.472 e. The first-order chi connectivity index (χ1) is 30.6. The number of phosphoric acid groups is 1. The van der Waals surface area contributed by atoms with E-state index in [0.717, 1.165) is 103 Å². The smallest absolute Gasteiger partial charge is 0.457 e. The van der Waals surface area contributed by atoms with Crippen molar-refractivity contribution in [3.05, 3.63) is 122 Å². The fourth-order valence-corrected chi connectivity index (χ4v) is 6.59. The van der Waals surface area contributed by atoms with Crippen molar-refractivity contribution < 1.29 is 37.3 Å². The highest BCUT2D eigenvalue weighted by molar-refractivity contribution is 7.47. The number of quaternary nitrogens is 1. The van der Waals surface area contributed by atoms with Crippen LogP contribution in [0.25, 0.3) is 0 Å². The van der Waals surface area contributed by atoms with Gasteiger partial charge in [0.1, 0.15) is 19.3 Å². The van der Waals surface area contributed by atoms with E-state index in [-0.39, 0.29) is 25.8 Å². The molecule has 63 heavy (non-hydrogen) atoms. The van der Waals surface area contributed by atoms with E-state index < -0.39 is 13.9 Å². The van der Waals surface area contributed by atoms with Gasteiger partial charge in [-0.25, -0.2) is 4.57 Å². The summed E-state index contributed by atoms with van der Waals surface area (Å²) in [5.41, 5.74) is 0. The Labute approximate surface area is 386 Å². The first kappa shape index (κ1) is 59.9. The Hall–Kier alpha value is -3.10. The number of phosphoric ester groups is 1. The molecule has 1 N–H and O–H groups in total. The van der Waals surface area contributed by atoms with Gasteiger partial charge in [0.2, 0.25) is 0 Å². The maximum absolute atomic E-state index is 12.7. The van der Waals surface area contributed by atoms with Crippen molar-refractivity contribution in [3.63, 3.8) is 0 Å². The molecule has 0 aliphatic rings. The molecule has 0 saturated heterocycles. The van der Waals surface area contributed by atoms with Crippen LogP contribution >= 0.6 is 7.82 Å². The van der Waals surface area contributed by atoms with E-state index in [4.69, 9.17) is 18.5 Å². The van der Waals surface area contributed by atoms with Crippen molar-refractivity contribution in [3.8, 4) is 0 Å². The van der Waals surface area contributed by atoms with Gasteiger partial charge in [0.15, 0.2) is 0 Å². The van der Waals surface area contributed by atoms with E-state index in [1.165, 1.54) is 32.1 Å². The number of likely N-dealkylation sites (N-methyl/N-ethyl adjacent to an activating group) is 1. The lowest BCUT2D eigenvalue weighted by Crippen LogP contribution is -2.37. The lowest BCUT2D eigenvalue weighted by molar-refractivity contribution is -0.870. The Bertz CT molecular complexity index is 1410. The lowest BCUT2D eigenvalue weighted by Gasteiger charge is -2.24. The summed E-state index contributed by atoms with van der Waals surface area (Å²) in [5, 5.41) is 0. The Morgan fingerprint density at radius 3 is 1.30 bits per heavy atom. The number of esters is 1. The molecule has 9 heteroatoms. The number of unbranched alkanes of at least 4 members (excludes halogenated alkanes) is 9. The molecule has 0 radical (unpaired) electrons. The Morgan fingerprint density at radius 1 is 0.492 bits per heavy atom. The van der Waals surface area contributed by atoms with Crippen LogP contribution in [0.15, 0.2) is 122 Å². The van der Waals surface area contributed by atoms with Crippen LogP contribution in [0.1, 0.15) is 155 Å². The van der Waals surface area contributed by atoms with E-state index in [1.807, 2.05) is 21.1 Å². The van der Waals surface area contributed by atoms with E-state index in [1.54, 1.807) is 0 Å². The minimum absolute atomic E-state index is 0.0683. The predicted molar refractivity (Wildman–Crippen MR) is 270 cm³/mol. The highest BCUT2D eigenvalue weighted by Crippen LogP contribution is 2.43. The molecule has 0 bridgehead atoms. The quantitative estimate of drug-likeness (QED) is 0.0214. The SMILES string of the molecule is CC/C=C\C/C=C\C/C=C\C/C=C\C/C=C\C/C=C\CCCOCC(COP(=O)(O)OCC[N+](C)(C)C)OC(=O)CCCCCCCCCC/C=C\C/C=C\C/C=C\C/C=C\CC. The van der Waals surface area contributed by atoms with Gasteiger partial charge in [-0.2, -0.15) is 0 Å². The summed E-state index contributed by atoms with van der Waals surface area (Å²) in [6.07, 6.45) is 65.4. The van der Waals surface area contributed by atoms with Crippen LogP contribution < -0.4 is 0 Å². The van der Waals surface area contributed by atoms with Crippen molar-refractivity contribution in [2.75, 3.05) is 54.1 Å². The van der Waals surface area contributed by atoms with E-state index >= 15 is 0 Å². The van der Waals surface area contributed by atoms with Crippen LogP contribution in [-0.2, 0) is 27.9 Å². The molecule has 0 aliphatic heterocycles. The summed E-state index contributed by atoms with van der Waals surface area (Å²) in [6, 6.07) is 0. The molecule has 0 aromatic carbocycles. The van der Waals surface area contributed by atoms with E-state index in [9.17, 15) is 14.3 Å². The van der Waals surface area contributed by atoms with Gasteiger partial charge >= 0.3 is 13.8 Å². The number of nitrogens with zero attached hydrogens (tertiary/aromatic N) is 1. The number of rotatable bonds is 43. The molecule has 0 rings (SSSR count). The largest absolute Gasteiger partial charge is 0.472 e. The van der Waals surface area contributed by atoms with Crippen LogP contribution in [0.4, 0.5) is 0 Å². The van der Waals surface area contributed by atoms with Crippen molar-refractivity contribution in [2.24, 2.45) is 0 Å². The zero-order chi connectivity index (χ0) is 46.2. The Morgan fingerprint density at radius 2 is 0.873 bits per heavy atom. The molecule has 0 heterocycles. The van der Waals surface area contributed by atoms with Gasteiger partial charge in [-0.3, -0.25) is 13.8 Å². The molecular formula is C54H91NO7P+. The maximum atomic E-state index is 12.7. The molecule has 2 unspecified atom stereocenters. The molecular weight excluding hydrogens is 806 g/mol. The summed E-state index contributed by atoms with van der Waals surface area (Å²) in [5.74, 6) is -0.347. The zero-order valence-electron chi connectivity index (χ0n) is 40.5. The highest BCUT2D eigenvalue weighted by Gasteiger charge is 2.26. The van der Waals surface area contributed by atoms with Crippen LogP contribution in [0, 0.1) is 0 Å². The minimum atomic E-state index is -4.31. The summed E-state index contributed by atoms with van der Waals surface area (Å²) < 4.78 is 35.0. The number of carbonyl (C=O) groups is 1. The van der Waals surface area contributed by atoms with Crippen LogP contribution in [0.5, 0.6) is 0 Å². The molecule has 0 aromatic rings. The van der Waals surface area contributed by atoms with Crippen LogP contribution in [-0.4, -0.2) is 75.6 Å². The highest BCUT2D eigenvalue weighted by atomic mass is 31.2. The Balaban J connectivity index is 4.33. The topological polar surface area (TPSA) is 91.3 Å². The third-order valence-electron chi connectivity index (χ3n) is 9.52. The monoisotopic (exact) mass is 897 g/mol. The summed E-state index contributed by atoms with van der Waals surface area (Å²) in [7, 11) is 1.60. The van der Waals surface area contributed by atoms with Crippen molar-refractivity contribution in [1.29, 1.82) is 0 Å². The first-order valence-electron chi connectivity index (χ1n) is 24.3. The number of carbonyl (C=O) groups excluding carboxylic acids is 1. The molecule has 0 aliphatic carbocycles. The minimum Gasteiger partial charge on any atom is -0.457 e. The normalized spacial score (nSPS) is 14.7. The van der Waals surface area contributed by atoms with Gasteiger partial charge in [0, 0.05) is 13.0 Å². The van der Waals surface area contributed by atoms with Crippen LogP contribution in [0.2, 0.25) is 0 Å². The van der Waals surface area contributed by atoms with Gasteiger partial charge in [0.25, 0.3) is 0 Å². The first-order valence-corrected chi connectivity index (χ1v) is 25.8. The molecule has 0 spiro atoms. The number of hydrogen-bond acceptors (Lipinski definition) is 6.